The second-order valence-corrected chi connectivity index (χ2v) is 7.82. The fraction of sp³-hybridized carbons (Fsp3) is 0.905. The Balaban J connectivity index is 2.31. The van der Waals surface area contributed by atoms with Crippen LogP contribution in [0.2, 0.25) is 5.82 Å². The molecule has 0 spiro atoms. The van der Waals surface area contributed by atoms with Crippen molar-refractivity contribution in [2.45, 2.75) is 97.7 Å². The molecule has 0 saturated heterocycles. The van der Waals surface area contributed by atoms with Crippen LogP contribution in [0, 0.1) is 35.5 Å². The maximum Gasteiger partial charge on any atom is 0.0695 e. The Kier molecular flexibility index (Phi) is 10.0. The molecule has 0 aromatic rings. The number of hydrogen-bond donors (Lipinski definition) is 0. The van der Waals surface area contributed by atoms with Gasteiger partial charge in [-0.25, -0.2) is 0 Å². The molecule has 1 aliphatic carbocycles. The van der Waals surface area contributed by atoms with E-state index < -0.39 is 0 Å². The maximum absolute atomic E-state index is 5.88. The standard InChI is InChI=1S/C21H37B/c1-5-20(15-16-21-9-7-6-8-10-21)14-12-18(3)17(2)11-13-19(4)22/h17-21H,5-14H2,1-4H3. The van der Waals surface area contributed by atoms with Crippen LogP contribution >= 0.6 is 0 Å². The van der Waals surface area contributed by atoms with Gasteiger partial charge in [-0.2, -0.15) is 0 Å². The molecule has 0 heterocycles. The van der Waals surface area contributed by atoms with Crippen LogP contribution in [-0.2, 0) is 0 Å². The quantitative estimate of drug-likeness (QED) is 0.359. The normalized spacial score (nSPS) is 21.5. The van der Waals surface area contributed by atoms with Gasteiger partial charge in [0.2, 0.25) is 0 Å². The van der Waals surface area contributed by atoms with E-state index in [0.29, 0.717) is 17.7 Å². The van der Waals surface area contributed by atoms with Crippen LogP contribution in [0.5, 0.6) is 0 Å². The number of hydrogen-bond acceptors (Lipinski definition) is 0. The molecular formula is C21H37B. The van der Waals surface area contributed by atoms with Crippen LogP contribution in [0.15, 0.2) is 0 Å². The molecule has 0 N–H and O–H groups in total. The largest absolute Gasteiger partial charge is 0.0996 e. The first kappa shape index (κ1) is 19.7. The summed E-state index contributed by atoms with van der Waals surface area (Å²) in [5.41, 5.74) is 0. The zero-order chi connectivity index (χ0) is 16.4. The van der Waals surface area contributed by atoms with E-state index in [2.05, 4.69) is 39.5 Å². The lowest BCUT2D eigenvalue weighted by Gasteiger charge is -2.22. The predicted octanol–water partition coefficient (Wildman–Crippen LogP) is 6.41. The Morgan fingerprint density at radius 2 is 1.50 bits per heavy atom. The van der Waals surface area contributed by atoms with Crippen molar-refractivity contribution in [3.05, 3.63) is 0 Å². The van der Waals surface area contributed by atoms with E-state index in [4.69, 9.17) is 7.85 Å². The summed E-state index contributed by atoms with van der Waals surface area (Å²) in [6.45, 7) is 9.21. The van der Waals surface area contributed by atoms with Crippen LogP contribution in [0.1, 0.15) is 91.9 Å². The minimum absolute atomic E-state index is 0.347. The van der Waals surface area contributed by atoms with Gasteiger partial charge in [0.15, 0.2) is 0 Å². The molecule has 2 radical (unpaired) electrons. The van der Waals surface area contributed by atoms with Gasteiger partial charge in [-0.1, -0.05) is 77.5 Å². The number of rotatable bonds is 8. The molecule has 1 saturated carbocycles. The Morgan fingerprint density at radius 1 is 0.909 bits per heavy atom. The van der Waals surface area contributed by atoms with E-state index in [9.17, 15) is 0 Å². The minimum atomic E-state index is 0.347. The molecule has 0 bridgehead atoms. The van der Waals surface area contributed by atoms with E-state index in [1.165, 1.54) is 57.8 Å². The van der Waals surface area contributed by atoms with Crippen LogP contribution in [0.25, 0.3) is 0 Å². The Hall–Kier alpha value is -0.375. The lowest BCUT2D eigenvalue weighted by atomic mass is 9.79. The molecular weight excluding hydrogens is 263 g/mol. The van der Waals surface area contributed by atoms with Gasteiger partial charge in [-0.3, -0.25) is 0 Å². The van der Waals surface area contributed by atoms with Crippen molar-refractivity contribution in [3.63, 3.8) is 0 Å². The summed E-state index contributed by atoms with van der Waals surface area (Å²) >= 11 is 0. The van der Waals surface area contributed by atoms with Crippen molar-refractivity contribution >= 4 is 7.85 Å². The second-order valence-electron chi connectivity index (χ2n) is 7.82. The SMILES string of the molecule is [B]C(C)CCC(C)C(C)CCC(C#CC1CCCCC1)CC. The molecule has 0 aliphatic heterocycles. The molecule has 0 nitrogen and oxygen atoms in total. The van der Waals surface area contributed by atoms with Gasteiger partial charge >= 0.3 is 0 Å². The Morgan fingerprint density at radius 3 is 2.05 bits per heavy atom. The fourth-order valence-corrected chi connectivity index (χ4v) is 3.42. The molecule has 4 atom stereocenters. The minimum Gasteiger partial charge on any atom is -0.0996 e. The molecule has 0 aromatic carbocycles. The summed E-state index contributed by atoms with van der Waals surface area (Å²) in [4.78, 5) is 0. The molecule has 1 heteroatoms. The molecule has 0 amide bonds. The summed E-state index contributed by atoms with van der Waals surface area (Å²) in [7, 11) is 5.88. The van der Waals surface area contributed by atoms with Crippen LogP contribution in [0.3, 0.4) is 0 Å². The zero-order valence-corrected chi connectivity index (χ0v) is 15.5. The maximum atomic E-state index is 5.88. The van der Waals surface area contributed by atoms with E-state index in [0.717, 1.165) is 18.3 Å². The van der Waals surface area contributed by atoms with E-state index in [1.807, 2.05) is 0 Å². The van der Waals surface area contributed by atoms with Crippen LogP contribution < -0.4 is 0 Å². The lowest BCUT2D eigenvalue weighted by Crippen LogP contribution is -2.11. The third-order valence-corrected chi connectivity index (χ3v) is 5.61. The molecule has 0 aromatic heterocycles. The van der Waals surface area contributed by atoms with Crippen LogP contribution in [-0.4, -0.2) is 7.85 Å². The Labute approximate surface area is 141 Å². The monoisotopic (exact) mass is 300 g/mol. The van der Waals surface area contributed by atoms with Crippen molar-refractivity contribution in [1.29, 1.82) is 0 Å². The van der Waals surface area contributed by atoms with Crippen molar-refractivity contribution in [1.82, 2.24) is 0 Å². The van der Waals surface area contributed by atoms with Crippen molar-refractivity contribution in [2.24, 2.45) is 23.7 Å². The highest BCUT2D eigenvalue weighted by molar-refractivity contribution is 6.11. The molecule has 1 rings (SSSR count). The average Bonchev–Trinajstić information content (AvgIpc) is 2.53. The van der Waals surface area contributed by atoms with Gasteiger partial charge in [0.1, 0.15) is 0 Å². The average molecular weight is 300 g/mol. The van der Waals surface area contributed by atoms with Gasteiger partial charge in [0.25, 0.3) is 0 Å². The highest BCUT2D eigenvalue weighted by atomic mass is 14.2. The summed E-state index contributed by atoms with van der Waals surface area (Å²) in [5.74, 6) is 10.5. The summed E-state index contributed by atoms with van der Waals surface area (Å²) in [5, 5.41) is 0. The van der Waals surface area contributed by atoms with Crippen LogP contribution in [0.4, 0.5) is 0 Å². The fourth-order valence-electron chi connectivity index (χ4n) is 3.42. The third-order valence-electron chi connectivity index (χ3n) is 5.61. The van der Waals surface area contributed by atoms with Gasteiger partial charge in [0.05, 0.1) is 7.85 Å². The van der Waals surface area contributed by atoms with Crippen molar-refractivity contribution in [3.8, 4) is 11.8 Å². The molecule has 124 valence electrons. The molecule has 4 unspecified atom stereocenters. The molecule has 22 heavy (non-hydrogen) atoms. The predicted molar refractivity (Wildman–Crippen MR) is 100 cm³/mol. The first-order valence-electron chi connectivity index (χ1n) is 9.79. The zero-order valence-electron chi connectivity index (χ0n) is 15.5. The van der Waals surface area contributed by atoms with Gasteiger partial charge in [-0.05, 0) is 43.9 Å². The lowest BCUT2D eigenvalue weighted by molar-refractivity contribution is 0.317. The summed E-state index contributed by atoms with van der Waals surface area (Å²) in [6.07, 6.45) is 13.1. The van der Waals surface area contributed by atoms with Crippen molar-refractivity contribution in [2.75, 3.05) is 0 Å². The Bertz CT molecular complexity index is 330. The van der Waals surface area contributed by atoms with E-state index in [-0.39, 0.29) is 0 Å². The molecule has 1 aliphatic rings. The summed E-state index contributed by atoms with van der Waals surface area (Å²) < 4.78 is 0. The topological polar surface area (TPSA) is 0 Å². The van der Waals surface area contributed by atoms with Gasteiger partial charge < -0.3 is 0 Å². The van der Waals surface area contributed by atoms with Gasteiger partial charge in [0, 0.05) is 11.8 Å². The van der Waals surface area contributed by atoms with E-state index in [1.54, 1.807) is 0 Å². The molecule has 1 fully saturated rings. The van der Waals surface area contributed by atoms with Crippen molar-refractivity contribution < 1.29 is 0 Å². The highest BCUT2D eigenvalue weighted by Gasteiger charge is 2.15. The second kappa shape index (κ2) is 11.2. The first-order valence-corrected chi connectivity index (χ1v) is 9.79. The summed E-state index contributed by atoms with van der Waals surface area (Å²) in [6, 6.07) is 0. The first-order chi connectivity index (χ1) is 10.5. The van der Waals surface area contributed by atoms with Gasteiger partial charge in [-0.15, -0.1) is 0 Å². The highest BCUT2D eigenvalue weighted by Crippen LogP contribution is 2.27. The third kappa shape index (κ3) is 8.31. The smallest absolute Gasteiger partial charge is 0.0695 e. The van der Waals surface area contributed by atoms with E-state index >= 15 is 0 Å².